The van der Waals surface area contributed by atoms with E-state index < -0.39 is 0 Å². The van der Waals surface area contributed by atoms with Gasteiger partial charge < -0.3 is 10.6 Å². The van der Waals surface area contributed by atoms with Crippen LogP contribution < -0.4 is 5.73 Å². The van der Waals surface area contributed by atoms with Crippen LogP contribution in [0.2, 0.25) is 0 Å². The molecule has 2 nitrogen and oxygen atoms in total. The predicted molar refractivity (Wildman–Crippen MR) is 74.0 cm³/mol. The fraction of sp³-hybridized carbons (Fsp3) is 1.00. The smallest absolute Gasteiger partial charge is 0.0118 e. The Balaban J connectivity index is 1.93. The molecule has 0 aliphatic heterocycles. The van der Waals surface area contributed by atoms with E-state index in [9.17, 15) is 0 Å². The SMILES string of the molecule is CC1CCCCC1N(C)CC1(C)CCCC1N. The molecule has 100 valence electrons. The van der Waals surface area contributed by atoms with Crippen molar-refractivity contribution in [1.82, 2.24) is 4.90 Å². The summed E-state index contributed by atoms with van der Waals surface area (Å²) in [5.41, 5.74) is 6.67. The maximum Gasteiger partial charge on any atom is 0.0118 e. The topological polar surface area (TPSA) is 29.3 Å². The van der Waals surface area contributed by atoms with Gasteiger partial charge in [-0.05, 0) is 44.1 Å². The molecule has 0 spiro atoms. The highest BCUT2D eigenvalue weighted by atomic mass is 15.1. The maximum atomic E-state index is 6.30. The third-order valence-corrected chi connectivity index (χ3v) is 5.40. The molecule has 4 unspecified atom stereocenters. The van der Waals surface area contributed by atoms with E-state index in [0.29, 0.717) is 11.5 Å². The molecule has 0 radical (unpaired) electrons. The molecule has 2 fully saturated rings. The summed E-state index contributed by atoms with van der Waals surface area (Å²) in [4.78, 5) is 2.62. The van der Waals surface area contributed by atoms with Crippen molar-refractivity contribution in [2.24, 2.45) is 17.1 Å². The number of hydrogen-bond donors (Lipinski definition) is 1. The molecule has 0 aromatic rings. The summed E-state index contributed by atoms with van der Waals surface area (Å²) >= 11 is 0. The molecule has 0 aromatic heterocycles. The van der Waals surface area contributed by atoms with E-state index in [4.69, 9.17) is 5.73 Å². The van der Waals surface area contributed by atoms with E-state index in [2.05, 4.69) is 25.8 Å². The number of nitrogens with zero attached hydrogens (tertiary/aromatic N) is 1. The maximum absolute atomic E-state index is 6.30. The Kier molecular flexibility index (Phi) is 4.14. The van der Waals surface area contributed by atoms with Crippen molar-refractivity contribution in [3.63, 3.8) is 0 Å². The fourth-order valence-electron chi connectivity index (χ4n) is 4.09. The predicted octanol–water partition coefficient (Wildman–Crippen LogP) is 3.01. The molecule has 2 rings (SSSR count). The minimum absolute atomic E-state index is 0.367. The van der Waals surface area contributed by atoms with Crippen LogP contribution in [0.3, 0.4) is 0 Å². The quantitative estimate of drug-likeness (QED) is 0.819. The zero-order valence-corrected chi connectivity index (χ0v) is 11.9. The summed E-state index contributed by atoms with van der Waals surface area (Å²) < 4.78 is 0. The highest BCUT2D eigenvalue weighted by Gasteiger charge is 2.39. The standard InChI is InChI=1S/C15H30N2/c1-12-7-4-5-8-13(12)17(3)11-15(2)10-6-9-14(15)16/h12-14H,4-11,16H2,1-3H3. The average Bonchev–Trinajstić information content (AvgIpc) is 2.59. The molecule has 0 amide bonds. The lowest BCUT2D eigenvalue weighted by atomic mass is 9.81. The lowest BCUT2D eigenvalue weighted by Gasteiger charge is -2.41. The summed E-state index contributed by atoms with van der Waals surface area (Å²) in [6, 6.07) is 1.22. The molecule has 4 atom stereocenters. The van der Waals surface area contributed by atoms with Crippen molar-refractivity contribution in [2.45, 2.75) is 70.9 Å². The first kappa shape index (κ1) is 13.4. The van der Waals surface area contributed by atoms with Crippen LogP contribution >= 0.6 is 0 Å². The molecule has 0 aromatic carbocycles. The highest BCUT2D eigenvalue weighted by Crippen LogP contribution is 2.38. The second kappa shape index (κ2) is 5.27. The van der Waals surface area contributed by atoms with Crippen LogP contribution in [-0.2, 0) is 0 Å². The highest BCUT2D eigenvalue weighted by molar-refractivity contribution is 4.94. The van der Waals surface area contributed by atoms with Crippen molar-refractivity contribution < 1.29 is 0 Å². The van der Waals surface area contributed by atoms with Crippen molar-refractivity contribution in [2.75, 3.05) is 13.6 Å². The van der Waals surface area contributed by atoms with Crippen LogP contribution in [-0.4, -0.2) is 30.6 Å². The van der Waals surface area contributed by atoms with Crippen molar-refractivity contribution >= 4 is 0 Å². The van der Waals surface area contributed by atoms with Gasteiger partial charge in [-0.25, -0.2) is 0 Å². The lowest BCUT2D eigenvalue weighted by Crippen LogP contribution is -2.48. The second-order valence-electron chi connectivity index (χ2n) is 6.90. The summed E-state index contributed by atoms with van der Waals surface area (Å²) in [5.74, 6) is 0.870. The fourth-order valence-corrected chi connectivity index (χ4v) is 4.09. The van der Waals surface area contributed by atoms with Crippen LogP contribution in [0, 0.1) is 11.3 Å². The van der Waals surface area contributed by atoms with Crippen LogP contribution in [0.15, 0.2) is 0 Å². The lowest BCUT2D eigenvalue weighted by molar-refractivity contribution is 0.0861. The van der Waals surface area contributed by atoms with Crippen LogP contribution in [0.25, 0.3) is 0 Å². The molecule has 0 heterocycles. The third-order valence-electron chi connectivity index (χ3n) is 5.40. The molecule has 0 saturated heterocycles. The van der Waals surface area contributed by atoms with Gasteiger partial charge in [-0.2, -0.15) is 0 Å². The molecular formula is C15H30N2. The largest absolute Gasteiger partial charge is 0.327 e. The Bertz CT molecular complexity index is 253. The Morgan fingerprint density at radius 1 is 1.18 bits per heavy atom. The first-order valence-corrected chi connectivity index (χ1v) is 7.49. The van der Waals surface area contributed by atoms with Crippen LogP contribution in [0.5, 0.6) is 0 Å². The van der Waals surface area contributed by atoms with E-state index in [0.717, 1.165) is 12.0 Å². The van der Waals surface area contributed by atoms with Crippen molar-refractivity contribution in [3.8, 4) is 0 Å². The third kappa shape index (κ3) is 2.85. The van der Waals surface area contributed by atoms with Gasteiger partial charge in [-0.3, -0.25) is 0 Å². The van der Waals surface area contributed by atoms with Gasteiger partial charge in [0.25, 0.3) is 0 Å². The first-order chi connectivity index (χ1) is 8.03. The Morgan fingerprint density at radius 2 is 1.88 bits per heavy atom. The Morgan fingerprint density at radius 3 is 2.47 bits per heavy atom. The number of rotatable bonds is 3. The van der Waals surface area contributed by atoms with E-state index in [1.54, 1.807) is 0 Å². The average molecular weight is 238 g/mol. The van der Waals surface area contributed by atoms with Gasteiger partial charge in [-0.1, -0.05) is 33.1 Å². The normalized spacial score (nSPS) is 43.2. The van der Waals surface area contributed by atoms with Crippen LogP contribution in [0.1, 0.15) is 58.8 Å². The van der Waals surface area contributed by atoms with Gasteiger partial charge in [0.15, 0.2) is 0 Å². The van der Waals surface area contributed by atoms with Gasteiger partial charge in [0.1, 0.15) is 0 Å². The van der Waals surface area contributed by atoms with Gasteiger partial charge in [0, 0.05) is 18.6 Å². The monoisotopic (exact) mass is 238 g/mol. The minimum Gasteiger partial charge on any atom is -0.327 e. The zero-order chi connectivity index (χ0) is 12.5. The molecule has 2 aliphatic rings. The molecular weight excluding hydrogens is 208 g/mol. The van der Waals surface area contributed by atoms with Gasteiger partial charge >= 0.3 is 0 Å². The molecule has 0 bridgehead atoms. The summed E-state index contributed by atoms with van der Waals surface area (Å²) in [5, 5.41) is 0. The van der Waals surface area contributed by atoms with Crippen molar-refractivity contribution in [1.29, 1.82) is 0 Å². The Labute approximate surface area is 107 Å². The van der Waals surface area contributed by atoms with Gasteiger partial charge in [-0.15, -0.1) is 0 Å². The van der Waals surface area contributed by atoms with E-state index in [1.807, 2.05) is 0 Å². The minimum atomic E-state index is 0.367. The van der Waals surface area contributed by atoms with E-state index in [1.165, 1.54) is 51.5 Å². The summed E-state index contributed by atoms with van der Waals surface area (Å²) in [6.07, 6.45) is 9.53. The van der Waals surface area contributed by atoms with Crippen LogP contribution in [0.4, 0.5) is 0 Å². The van der Waals surface area contributed by atoms with Crippen molar-refractivity contribution in [3.05, 3.63) is 0 Å². The molecule has 2 heteroatoms. The number of hydrogen-bond acceptors (Lipinski definition) is 2. The van der Waals surface area contributed by atoms with Gasteiger partial charge in [0.2, 0.25) is 0 Å². The summed E-state index contributed by atoms with van der Waals surface area (Å²) in [7, 11) is 2.32. The van der Waals surface area contributed by atoms with E-state index >= 15 is 0 Å². The Hall–Kier alpha value is -0.0800. The molecule has 2 N–H and O–H groups in total. The molecule has 17 heavy (non-hydrogen) atoms. The summed E-state index contributed by atoms with van der Waals surface area (Å²) in [6.45, 7) is 6.02. The van der Waals surface area contributed by atoms with Gasteiger partial charge in [0.05, 0.1) is 0 Å². The first-order valence-electron chi connectivity index (χ1n) is 7.49. The van der Waals surface area contributed by atoms with E-state index in [-0.39, 0.29) is 0 Å². The molecule has 2 saturated carbocycles. The number of nitrogens with two attached hydrogens (primary N) is 1. The zero-order valence-electron chi connectivity index (χ0n) is 11.9. The second-order valence-corrected chi connectivity index (χ2v) is 6.90. The molecule has 2 aliphatic carbocycles.